The zero-order chi connectivity index (χ0) is 16.1. The van der Waals surface area contributed by atoms with Crippen molar-refractivity contribution in [1.29, 1.82) is 0 Å². The normalized spacial score (nSPS) is 14.1. The summed E-state index contributed by atoms with van der Waals surface area (Å²) in [6.07, 6.45) is -3.09. The maximum absolute atomic E-state index is 12.6. The Balaban J connectivity index is 2.97. The number of nitrogens with one attached hydrogen (secondary N) is 1. The molecule has 1 aromatic carbocycles. The Bertz CT molecular complexity index is 556. The van der Waals surface area contributed by atoms with Gasteiger partial charge in [-0.05, 0) is 37.6 Å². The van der Waals surface area contributed by atoms with E-state index in [-0.39, 0.29) is 16.7 Å². The first-order chi connectivity index (χ1) is 9.70. The van der Waals surface area contributed by atoms with E-state index in [2.05, 4.69) is 5.32 Å². The summed E-state index contributed by atoms with van der Waals surface area (Å²) in [5.41, 5.74) is -0.946. The molecule has 1 rings (SSSR count). The third-order valence-corrected chi connectivity index (χ3v) is 4.93. The molecule has 0 aliphatic heterocycles. The topological polar surface area (TPSA) is 46.2 Å². The molecule has 1 N–H and O–H groups in total. The first-order valence-corrected chi connectivity index (χ1v) is 8.49. The molecular formula is C14H20F3NO2S. The second-order valence-corrected chi connectivity index (χ2v) is 6.90. The highest BCUT2D eigenvalue weighted by atomic mass is 32.2. The fourth-order valence-corrected chi connectivity index (χ4v) is 3.56. The van der Waals surface area contributed by atoms with Crippen molar-refractivity contribution in [3.05, 3.63) is 29.8 Å². The predicted molar refractivity (Wildman–Crippen MR) is 75.9 cm³/mol. The van der Waals surface area contributed by atoms with Crippen molar-refractivity contribution >= 4 is 9.84 Å². The molecule has 0 fully saturated rings. The van der Waals surface area contributed by atoms with Crippen LogP contribution < -0.4 is 5.32 Å². The van der Waals surface area contributed by atoms with E-state index in [4.69, 9.17) is 0 Å². The van der Waals surface area contributed by atoms with Crippen LogP contribution in [0.5, 0.6) is 0 Å². The number of sulfone groups is 1. The SMILES string of the molecule is CCCNC(CC)CS(=O)(=O)c1cccc(C(F)(F)F)c1. The zero-order valence-electron chi connectivity index (χ0n) is 12.1. The van der Waals surface area contributed by atoms with Gasteiger partial charge >= 0.3 is 6.18 Å². The molecule has 0 aromatic heterocycles. The Hall–Kier alpha value is -1.08. The second kappa shape index (κ2) is 7.26. The third-order valence-electron chi connectivity index (χ3n) is 3.12. The van der Waals surface area contributed by atoms with Crippen molar-refractivity contribution in [3.8, 4) is 0 Å². The first-order valence-electron chi connectivity index (χ1n) is 6.84. The molecule has 21 heavy (non-hydrogen) atoms. The van der Waals surface area contributed by atoms with E-state index in [1.165, 1.54) is 6.07 Å². The standard InChI is InChI=1S/C14H20F3NO2S/c1-3-8-18-12(4-2)10-21(19,20)13-7-5-6-11(9-13)14(15,16)17/h5-7,9,12,18H,3-4,8,10H2,1-2H3. The van der Waals surface area contributed by atoms with E-state index in [1.54, 1.807) is 0 Å². The lowest BCUT2D eigenvalue weighted by Crippen LogP contribution is -2.35. The molecule has 0 aliphatic carbocycles. The maximum atomic E-state index is 12.6. The number of benzene rings is 1. The Morgan fingerprint density at radius 2 is 1.90 bits per heavy atom. The number of hydrogen-bond donors (Lipinski definition) is 1. The largest absolute Gasteiger partial charge is 0.416 e. The van der Waals surface area contributed by atoms with Crippen LogP contribution in [0.3, 0.4) is 0 Å². The second-order valence-electron chi connectivity index (χ2n) is 4.87. The van der Waals surface area contributed by atoms with Gasteiger partial charge in [-0.2, -0.15) is 13.2 Å². The van der Waals surface area contributed by atoms with E-state index in [1.807, 2.05) is 13.8 Å². The fraction of sp³-hybridized carbons (Fsp3) is 0.571. The van der Waals surface area contributed by atoms with Crippen molar-refractivity contribution in [3.63, 3.8) is 0 Å². The summed E-state index contributed by atoms with van der Waals surface area (Å²) in [5, 5.41) is 3.09. The molecule has 120 valence electrons. The van der Waals surface area contributed by atoms with Gasteiger partial charge in [0, 0.05) is 6.04 Å². The van der Waals surface area contributed by atoms with Crippen LogP contribution in [-0.2, 0) is 16.0 Å². The van der Waals surface area contributed by atoms with Gasteiger partial charge in [0.15, 0.2) is 9.84 Å². The van der Waals surface area contributed by atoms with Crippen LogP contribution in [0.4, 0.5) is 13.2 Å². The van der Waals surface area contributed by atoms with Gasteiger partial charge in [0.2, 0.25) is 0 Å². The molecule has 0 bridgehead atoms. The lowest BCUT2D eigenvalue weighted by molar-refractivity contribution is -0.137. The van der Waals surface area contributed by atoms with Gasteiger partial charge in [-0.15, -0.1) is 0 Å². The van der Waals surface area contributed by atoms with Gasteiger partial charge in [-0.1, -0.05) is 19.9 Å². The molecule has 7 heteroatoms. The lowest BCUT2D eigenvalue weighted by atomic mass is 10.2. The molecule has 0 saturated heterocycles. The Morgan fingerprint density at radius 1 is 1.24 bits per heavy atom. The molecule has 1 aromatic rings. The summed E-state index contributed by atoms with van der Waals surface area (Å²) in [6.45, 7) is 4.48. The molecule has 0 radical (unpaired) electrons. The van der Waals surface area contributed by atoms with Crippen LogP contribution in [0.2, 0.25) is 0 Å². The highest BCUT2D eigenvalue weighted by Gasteiger charge is 2.32. The van der Waals surface area contributed by atoms with E-state index in [9.17, 15) is 21.6 Å². The Morgan fingerprint density at radius 3 is 2.43 bits per heavy atom. The van der Waals surface area contributed by atoms with Gasteiger partial charge in [-0.25, -0.2) is 8.42 Å². The van der Waals surface area contributed by atoms with E-state index in [0.29, 0.717) is 19.0 Å². The van der Waals surface area contributed by atoms with Gasteiger partial charge in [-0.3, -0.25) is 0 Å². The van der Waals surface area contributed by atoms with E-state index >= 15 is 0 Å². The molecule has 0 aliphatic rings. The predicted octanol–water partition coefficient (Wildman–Crippen LogP) is 3.26. The van der Waals surface area contributed by atoms with Crippen molar-refractivity contribution in [1.82, 2.24) is 5.32 Å². The molecule has 0 heterocycles. The minimum absolute atomic E-state index is 0.204. The Kier molecular flexibility index (Phi) is 6.22. The third kappa shape index (κ3) is 5.32. The smallest absolute Gasteiger partial charge is 0.313 e. The minimum atomic E-state index is -4.55. The number of alkyl halides is 3. The number of hydrogen-bond acceptors (Lipinski definition) is 3. The minimum Gasteiger partial charge on any atom is -0.313 e. The van der Waals surface area contributed by atoms with Gasteiger partial charge in [0.25, 0.3) is 0 Å². The summed E-state index contributed by atoms with van der Waals surface area (Å²) in [5.74, 6) is -0.204. The molecule has 0 saturated carbocycles. The fourth-order valence-electron chi connectivity index (χ4n) is 1.90. The molecule has 1 unspecified atom stereocenters. The molecule has 0 amide bonds. The van der Waals surface area contributed by atoms with E-state index < -0.39 is 21.6 Å². The van der Waals surface area contributed by atoms with Crippen LogP contribution in [0.15, 0.2) is 29.2 Å². The van der Waals surface area contributed by atoms with Crippen LogP contribution in [0.25, 0.3) is 0 Å². The zero-order valence-corrected chi connectivity index (χ0v) is 12.9. The highest BCUT2D eigenvalue weighted by molar-refractivity contribution is 7.91. The molecule has 3 nitrogen and oxygen atoms in total. The number of rotatable bonds is 7. The van der Waals surface area contributed by atoms with Crippen LogP contribution in [0.1, 0.15) is 32.3 Å². The monoisotopic (exact) mass is 323 g/mol. The van der Waals surface area contributed by atoms with Crippen molar-refractivity contribution in [2.24, 2.45) is 0 Å². The number of halogens is 3. The first kappa shape index (κ1) is 18.0. The van der Waals surface area contributed by atoms with Crippen molar-refractivity contribution in [2.75, 3.05) is 12.3 Å². The highest BCUT2D eigenvalue weighted by Crippen LogP contribution is 2.30. The molecule has 0 spiro atoms. The quantitative estimate of drug-likeness (QED) is 0.838. The lowest BCUT2D eigenvalue weighted by Gasteiger charge is -2.17. The van der Waals surface area contributed by atoms with Crippen molar-refractivity contribution < 1.29 is 21.6 Å². The van der Waals surface area contributed by atoms with Crippen LogP contribution in [-0.4, -0.2) is 26.8 Å². The average Bonchev–Trinajstić information content (AvgIpc) is 2.42. The van der Waals surface area contributed by atoms with Gasteiger partial charge in [0.05, 0.1) is 16.2 Å². The van der Waals surface area contributed by atoms with Crippen molar-refractivity contribution in [2.45, 2.75) is 43.8 Å². The van der Waals surface area contributed by atoms with Gasteiger partial charge in [0.1, 0.15) is 0 Å². The summed E-state index contributed by atoms with van der Waals surface area (Å²) in [6, 6.07) is 3.63. The van der Waals surface area contributed by atoms with Crippen LogP contribution in [0, 0.1) is 0 Å². The summed E-state index contributed by atoms with van der Waals surface area (Å²) in [7, 11) is -3.75. The molecular weight excluding hydrogens is 303 g/mol. The Labute approximate surface area is 123 Å². The summed E-state index contributed by atoms with van der Waals surface area (Å²) < 4.78 is 62.4. The summed E-state index contributed by atoms with van der Waals surface area (Å²) in [4.78, 5) is -0.283. The van der Waals surface area contributed by atoms with Gasteiger partial charge < -0.3 is 5.32 Å². The molecule has 1 atom stereocenters. The summed E-state index contributed by atoms with van der Waals surface area (Å²) >= 11 is 0. The van der Waals surface area contributed by atoms with E-state index in [0.717, 1.165) is 18.6 Å². The van der Waals surface area contributed by atoms with Crippen LogP contribution >= 0.6 is 0 Å². The maximum Gasteiger partial charge on any atom is 0.416 e. The average molecular weight is 323 g/mol.